The summed E-state index contributed by atoms with van der Waals surface area (Å²) in [5.41, 5.74) is 1.66. The largest absolute Gasteiger partial charge is 0.490 e. The molecule has 0 unspecified atom stereocenters. The number of nitrogens with one attached hydrogen (secondary N) is 1. The minimum Gasteiger partial charge on any atom is -0.490 e. The molecule has 1 aliphatic heterocycles. The number of benzene rings is 1. The normalized spacial score (nSPS) is 16.3. The van der Waals surface area contributed by atoms with Crippen LogP contribution < -0.4 is 15.6 Å². The number of pyridine rings is 1. The minimum absolute atomic E-state index is 0.0219. The van der Waals surface area contributed by atoms with E-state index in [1.807, 2.05) is 36.1 Å². The standard InChI is InChI=1S/C27H35N5O3/c1-17(2)19(4)32-25(34)11-8-22-16-28-27(30-26(22)32)29-18(3)21-6-9-23(10-7-21)35-24-12-14-31(15-13-24)20(5)33/h6-11,16-19,24H,12-15H2,1-5H3,(H,28,29,30)/t18-,19-/m0/s1. The third kappa shape index (κ3) is 5.63. The molecule has 1 aromatic carbocycles. The predicted octanol–water partition coefficient (Wildman–Crippen LogP) is 4.57. The number of nitrogens with zero attached hydrogens (tertiary/aromatic N) is 4. The Hall–Kier alpha value is -3.42. The molecule has 0 radical (unpaired) electrons. The summed E-state index contributed by atoms with van der Waals surface area (Å²) in [5, 5.41) is 4.20. The second-order valence-corrected chi connectivity index (χ2v) is 9.76. The molecule has 2 aromatic heterocycles. The lowest BCUT2D eigenvalue weighted by molar-refractivity contribution is -0.130. The zero-order chi connectivity index (χ0) is 25.1. The van der Waals surface area contributed by atoms with Crippen molar-refractivity contribution < 1.29 is 9.53 Å². The van der Waals surface area contributed by atoms with Crippen molar-refractivity contribution >= 4 is 22.9 Å². The summed E-state index contributed by atoms with van der Waals surface area (Å²) in [5.74, 6) is 1.74. The molecule has 35 heavy (non-hydrogen) atoms. The summed E-state index contributed by atoms with van der Waals surface area (Å²) in [7, 11) is 0. The number of hydrogen-bond donors (Lipinski definition) is 1. The van der Waals surface area contributed by atoms with Crippen molar-refractivity contribution in [3.63, 3.8) is 0 Å². The van der Waals surface area contributed by atoms with Gasteiger partial charge in [-0.1, -0.05) is 26.0 Å². The fraction of sp³-hybridized carbons (Fsp3) is 0.481. The van der Waals surface area contributed by atoms with Gasteiger partial charge < -0.3 is 15.0 Å². The number of amides is 1. The van der Waals surface area contributed by atoms with Crippen LogP contribution in [0.3, 0.4) is 0 Å². The van der Waals surface area contributed by atoms with Crippen LogP contribution in [0.2, 0.25) is 0 Å². The highest BCUT2D eigenvalue weighted by Crippen LogP contribution is 2.25. The Morgan fingerprint density at radius 1 is 1.06 bits per heavy atom. The summed E-state index contributed by atoms with van der Waals surface area (Å²) < 4.78 is 7.89. The highest BCUT2D eigenvalue weighted by Gasteiger charge is 2.22. The monoisotopic (exact) mass is 477 g/mol. The van der Waals surface area contributed by atoms with Crippen LogP contribution in [0.15, 0.2) is 47.4 Å². The second kappa shape index (κ2) is 10.5. The molecule has 2 atom stereocenters. The third-order valence-electron chi connectivity index (χ3n) is 6.95. The maximum atomic E-state index is 12.6. The molecule has 0 bridgehead atoms. The van der Waals surface area contributed by atoms with E-state index in [-0.39, 0.29) is 29.7 Å². The number of carbonyl (C=O) groups is 1. The SMILES string of the molecule is CC(=O)N1CCC(Oc2ccc([C@H](C)Nc3ncc4ccc(=O)n([C@@H](C)C(C)C)c4n3)cc2)CC1. The van der Waals surface area contributed by atoms with E-state index in [4.69, 9.17) is 9.72 Å². The van der Waals surface area contributed by atoms with E-state index in [0.717, 1.165) is 42.6 Å². The van der Waals surface area contributed by atoms with Gasteiger partial charge in [-0.3, -0.25) is 14.2 Å². The molecule has 0 spiro atoms. The second-order valence-electron chi connectivity index (χ2n) is 9.76. The zero-order valence-electron chi connectivity index (χ0n) is 21.2. The number of piperidine rings is 1. The lowest BCUT2D eigenvalue weighted by Gasteiger charge is -2.31. The van der Waals surface area contributed by atoms with Gasteiger partial charge >= 0.3 is 0 Å². The molecular formula is C27H35N5O3. The summed E-state index contributed by atoms with van der Waals surface area (Å²) in [6, 6.07) is 11.4. The van der Waals surface area contributed by atoms with Crippen LogP contribution in [0, 0.1) is 5.92 Å². The Balaban J connectivity index is 1.44. The number of aromatic nitrogens is 3. The molecule has 8 nitrogen and oxygen atoms in total. The molecule has 1 N–H and O–H groups in total. The van der Waals surface area contributed by atoms with Crippen molar-refractivity contribution in [2.75, 3.05) is 18.4 Å². The molecular weight excluding hydrogens is 442 g/mol. The first-order valence-corrected chi connectivity index (χ1v) is 12.4. The van der Waals surface area contributed by atoms with Crippen LogP contribution in [0.25, 0.3) is 11.0 Å². The van der Waals surface area contributed by atoms with E-state index < -0.39 is 0 Å². The fourth-order valence-corrected chi connectivity index (χ4v) is 4.39. The van der Waals surface area contributed by atoms with Gasteiger partial charge in [0.15, 0.2) is 0 Å². The molecule has 1 aliphatic rings. The van der Waals surface area contributed by atoms with Crippen molar-refractivity contribution in [3.05, 3.63) is 58.5 Å². The molecule has 0 saturated carbocycles. The Morgan fingerprint density at radius 2 is 1.74 bits per heavy atom. The first-order valence-electron chi connectivity index (χ1n) is 12.4. The van der Waals surface area contributed by atoms with Gasteiger partial charge in [0.1, 0.15) is 17.5 Å². The van der Waals surface area contributed by atoms with E-state index in [1.54, 1.807) is 29.8 Å². The van der Waals surface area contributed by atoms with Gasteiger partial charge in [-0.2, -0.15) is 4.98 Å². The fourth-order valence-electron chi connectivity index (χ4n) is 4.39. The Bertz CT molecular complexity index is 1230. The van der Waals surface area contributed by atoms with Gasteiger partial charge in [0.25, 0.3) is 5.56 Å². The lowest BCUT2D eigenvalue weighted by Crippen LogP contribution is -2.40. The van der Waals surface area contributed by atoms with E-state index in [0.29, 0.717) is 17.5 Å². The molecule has 8 heteroatoms. The van der Waals surface area contributed by atoms with Crippen molar-refractivity contribution in [3.8, 4) is 5.75 Å². The van der Waals surface area contributed by atoms with E-state index >= 15 is 0 Å². The third-order valence-corrected chi connectivity index (χ3v) is 6.95. The summed E-state index contributed by atoms with van der Waals surface area (Å²) in [6.07, 6.45) is 3.58. The highest BCUT2D eigenvalue weighted by atomic mass is 16.5. The minimum atomic E-state index is -0.0565. The van der Waals surface area contributed by atoms with Gasteiger partial charge in [-0.25, -0.2) is 4.98 Å². The van der Waals surface area contributed by atoms with Crippen LogP contribution in [0.5, 0.6) is 5.75 Å². The molecule has 3 heterocycles. The molecule has 4 rings (SSSR count). The first kappa shape index (κ1) is 24.7. The van der Waals surface area contributed by atoms with Crippen LogP contribution in [-0.2, 0) is 4.79 Å². The van der Waals surface area contributed by atoms with Gasteiger partial charge in [0.2, 0.25) is 11.9 Å². The Morgan fingerprint density at radius 3 is 2.37 bits per heavy atom. The first-order chi connectivity index (χ1) is 16.7. The molecule has 0 aliphatic carbocycles. The van der Waals surface area contributed by atoms with Gasteiger partial charge in [0, 0.05) is 56.5 Å². The van der Waals surface area contributed by atoms with Crippen molar-refractivity contribution in [2.24, 2.45) is 5.92 Å². The number of carbonyl (C=O) groups excluding carboxylic acids is 1. The van der Waals surface area contributed by atoms with E-state index in [2.05, 4.69) is 31.1 Å². The average molecular weight is 478 g/mol. The summed E-state index contributed by atoms with van der Waals surface area (Å²) in [4.78, 5) is 35.2. The van der Waals surface area contributed by atoms with Crippen LogP contribution in [-0.4, -0.2) is 44.5 Å². The molecule has 186 valence electrons. The van der Waals surface area contributed by atoms with E-state index in [9.17, 15) is 9.59 Å². The van der Waals surface area contributed by atoms with Gasteiger partial charge in [-0.05, 0) is 43.5 Å². The quantitative estimate of drug-likeness (QED) is 0.536. The number of anilines is 1. The molecule has 3 aromatic rings. The zero-order valence-corrected chi connectivity index (χ0v) is 21.2. The maximum absolute atomic E-state index is 12.6. The predicted molar refractivity (Wildman–Crippen MR) is 138 cm³/mol. The number of rotatable bonds is 7. The van der Waals surface area contributed by atoms with Crippen molar-refractivity contribution in [1.29, 1.82) is 0 Å². The average Bonchev–Trinajstić information content (AvgIpc) is 2.84. The van der Waals surface area contributed by atoms with Crippen LogP contribution in [0.1, 0.15) is 65.1 Å². The lowest BCUT2D eigenvalue weighted by atomic mass is 10.1. The van der Waals surface area contributed by atoms with Crippen molar-refractivity contribution in [1.82, 2.24) is 19.4 Å². The number of ether oxygens (including phenoxy) is 1. The molecule has 1 amide bonds. The number of likely N-dealkylation sites (tertiary alicyclic amines) is 1. The highest BCUT2D eigenvalue weighted by molar-refractivity contribution is 5.75. The van der Waals surface area contributed by atoms with Crippen molar-refractivity contribution in [2.45, 2.75) is 65.6 Å². The smallest absolute Gasteiger partial charge is 0.252 e. The van der Waals surface area contributed by atoms with Crippen LogP contribution in [0.4, 0.5) is 5.95 Å². The Kier molecular flexibility index (Phi) is 7.38. The summed E-state index contributed by atoms with van der Waals surface area (Å²) in [6.45, 7) is 11.4. The summed E-state index contributed by atoms with van der Waals surface area (Å²) >= 11 is 0. The van der Waals surface area contributed by atoms with Crippen LogP contribution >= 0.6 is 0 Å². The molecule has 1 saturated heterocycles. The van der Waals surface area contributed by atoms with E-state index in [1.165, 1.54) is 0 Å². The van der Waals surface area contributed by atoms with Gasteiger partial charge in [-0.15, -0.1) is 0 Å². The Labute approximate surface area is 206 Å². The molecule has 1 fully saturated rings. The van der Waals surface area contributed by atoms with Gasteiger partial charge in [0.05, 0.1) is 6.04 Å². The maximum Gasteiger partial charge on any atom is 0.252 e. The topological polar surface area (TPSA) is 89.4 Å². The number of hydrogen-bond acceptors (Lipinski definition) is 6. The number of fused-ring (bicyclic) bond motifs is 1.